The zero-order valence-electron chi connectivity index (χ0n) is 9.04. The third-order valence-corrected chi connectivity index (χ3v) is 1.88. The number of nitrogens with zero attached hydrogens (tertiary/aromatic N) is 1. The number of hydrogen-bond donors (Lipinski definition) is 1. The summed E-state index contributed by atoms with van der Waals surface area (Å²) in [4.78, 5) is 14.9. The highest BCUT2D eigenvalue weighted by molar-refractivity contribution is 5.80. The third kappa shape index (κ3) is 4.37. The van der Waals surface area contributed by atoms with Gasteiger partial charge in [0.1, 0.15) is 5.60 Å². The Morgan fingerprint density at radius 1 is 1.57 bits per heavy atom. The molecule has 1 rings (SSSR count). The Labute approximate surface area is 84.7 Å². The first-order valence-electron chi connectivity index (χ1n) is 4.95. The predicted octanol–water partition coefficient (Wildman–Crippen LogP) is 1.60. The molecule has 0 spiro atoms. The molecule has 1 saturated heterocycles. The summed E-state index contributed by atoms with van der Waals surface area (Å²) in [6, 6.07) is 0. The molecule has 0 aromatic heterocycles. The molecule has 0 bridgehead atoms. The van der Waals surface area contributed by atoms with Gasteiger partial charge in [0.05, 0.1) is 0 Å². The van der Waals surface area contributed by atoms with E-state index < -0.39 is 11.7 Å². The van der Waals surface area contributed by atoms with Crippen LogP contribution in [0.15, 0.2) is 4.99 Å². The number of carbonyl (C=O) groups is 1. The fourth-order valence-corrected chi connectivity index (χ4v) is 1.26. The number of aliphatic imine (C=N–C) groups is 1. The first-order chi connectivity index (χ1) is 6.47. The van der Waals surface area contributed by atoms with Crippen molar-refractivity contribution in [1.82, 2.24) is 5.32 Å². The van der Waals surface area contributed by atoms with E-state index in [2.05, 4.69) is 10.3 Å². The summed E-state index contributed by atoms with van der Waals surface area (Å²) < 4.78 is 5.04. The van der Waals surface area contributed by atoms with Gasteiger partial charge in [-0.2, -0.15) is 4.99 Å². The van der Waals surface area contributed by atoms with Crippen LogP contribution in [0.2, 0.25) is 0 Å². The van der Waals surface area contributed by atoms with Crippen molar-refractivity contribution >= 4 is 12.3 Å². The highest BCUT2D eigenvalue weighted by Crippen LogP contribution is 2.09. The first-order valence-corrected chi connectivity index (χ1v) is 4.95. The maximum atomic E-state index is 11.2. The summed E-state index contributed by atoms with van der Waals surface area (Å²) >= 11 is 0. The minimum absolute atomic E-state index is 0.377. The average molecular weight is 198 g/mol. The quantitative estimate of drug-likeness (QED) is 0.651. The van der Waals surface area contributed by atoms with Gasteiger partial charge in [0.15, 0.2) is 0 Å². The number of nitrogens with one attached hydrogen (secondary N) is 1. The molecule has 0 aromatic rings. The molecule has 4 heteroatoms. The molecule has 1 fully saturated rings. The Balaban J connectivity index is 2.32. The zero-order valence-corrected chi connectivity index (χ0v) is 9.04. The molecule has 0 aliphatic carbocycles. The van der Waals surface area contributed by atoms with E-state index in [1.54, 1.807) is 6.21 Å². The molecule has 1 unspecified atom stereocenters. The van der Waals surface area contributed by atoms with Gasteiger partial charge in [-0.25, -0.2) is 4.79 Å². The second-order valence-corrected chi connectivity index (χ2v) is 4.51. The Kier molecular flexibility index (Phi) is 3.63. The number of amides is 1. The van der Waals surface area contributed by atoms with E-state index in [1.165, 1.54) is 0 Å². The highest BCUT2D eigenvalue weighted by Gasteiger charge is 2.16. The minimum Gasteiger partial charge on any atom is -0.442 e. The lowest BCUT2D eigenvalue weighted by Crippen LogP contribution is -2.22. The number of ether oxygens (including phenoxy) is 1. The highest BCUT2D eigenvalue weighted by atomic mass is 16.6. The van der Waals surface area contributed by atoms with Gasteiger partial charge in [0.25, 0.3) is 0 Å². The predicted molar refractivity (Wildman–Crippen MR) is 55.7 cm³/mol. The van der Waals surface area contributed by atoms with Gasteiger partial charge >= 0.3 is 6.09 Å². The van der Waals surface area contributed by atoms with E-state index in [4.69, 9.17) is 4.74 Å². The van der Waals surface area contributed by atoms with Gasteiger partial charge in [0.2, 0.25) is 0 Å². The lowest BCUT2D eigenvalue weighted by molar-refractivity contribution is 0.0604. The van der Waals surface area contributed by atoms with E-state index in [1.807, 2.05) is 20.8 Å². The van der Waals surface area contributed by atoms with Crippen molar-refractivity contribution in [3.63, 3.8) is 0 Å². The topological polar surface area (TPSA) is 50.7 Å². The molecule has 4 nitrogen and oxygen atoms in total. The first kappa shape index (κ1) is 11.2. The lowest BCUT2D eigenvalue weighted by Gasteiger charge is -2.17. The van der Waals surface area contributed by atoms with Gasteiger partial charge in [-0.3, -0.25) is 0 Å². The molecule has 1 amide bonds. The van der Waals surface area contributed by atoms with Gasteiger partial charge in [-0.15, -0.1) is 0 Å². The van der Waals surface area contributed by atoms with Crippen LogP contribution in [-0.2, 0) is 4.74 Å². The maximum absolute atomic E-state index is 11.2. The Morgan fingerprint density at radius 2 is 2.29 bits per heavy atom. The van der Waals surface area contributed by atoms with Crippen molar-refractivity contribution in [1.29, 1.82) is 0 Å². The van der Waals surface area contributed by atoms with E-state index in [0.29, 0.717) is 5.92 Å². The summed E-state index contributed by atoms with van der Waals surface area (Å²) in [7, 11) is 0. The van der Waals surface area contributed by atoms with Crippen molar-refractivity contribution in [2.45, 2.75) is 32.8 Å². The van der Waals surface area contributed by atoms with E-state index in [9.17, 15) is 4.79 Å². The summed E-state index contributed by atoms with van der Waals surface area (Å²) in [5.41, 5.74) is -0.456. The van der Waals surface area contributed by atoms with Crippen LogP contribution in [0.4, 0.5) is 4.79 Å². The Morgan fingerprint density at radius 3 is 2.79 bits per heavy atom. The van der Waals surface area contributed by atoms with Crippen LogP contribution in [0.5, 0.6) is 0 Å². The van der Waals surface area contributed by atoms with Gasteiger partial charge in [-0.05, 0) is 33.7 Å². The lowest BCUT2D eigenvalue weighted by atomic mass is 10.1. The van der Waals surface area contributed by atoms with Crippen LogP contribution >= 0.6 is 0 Å². The van der Waals surface area contributed by atoms with E-state index in [-0.39, 0.29) is 0 Å². The van der Waals surface area contributed by atoms with Crippen LogP contribution in [0.25, 0.3) is 0 Å². The zero-order chi connectivity index (χ0) is 10.6. The van der Waals surface area contributed by atoms with Crippen LogP contribution in [0, 0.1) is 5.92 Å². The maximum Gasteiger partial charge on any atom is 0.433 e. The fourth-order valence-electron chi connectivity index (χ4n) is 1.26. The number of carbonyl (C=O) groups excluding carboxylic acids is 1. The molecular weight excluding hydrogens is 180 g/mol. The summed E-state index contributed by atoms with van der Waals surface area (Å²) in [6.07, 6.45) is 2.24. The second-order valence-electron chi connectivity index (χ2n) is 4.51. The fraction of sp³-hybridized carbons (Fsp3) is 0.800. The summed E-state index contributed by atoms with van der Waals surface area (Å²) in [5, 5.41) is 3.20. The van der Waals surface area contributed by atoms with E-state index >= 15 is 0 Å². The molecule has 1 N–H and O–H groups in total. The van der Waals surface area contributed by atoms with Crippen molar-refractivity contribution in [2.24, 2.45) is 10.9 Å². The third-order valence-electron chi connectivity index (χ3n) is 1.88. The Bertz CT molecular complexity index is 225. The molecular formula is C10H18N2O2. The molecule has 1 heterocycles. The van der Waals surface area contributed by atoms with Gasteiger partial charge in [0, 0.05) is 18.7 Å². The number of hydrogen-bond acceptors (Lipinski definition) is 3. The Hall–Kier alpha value is -0.900. The van der Waals surface area contributed by atoms with E-state index in [0.717, 1.165) is 19.5 Å². The van der Waals surface area contributed by atoms with Crippen molar-refractivity contribution in [3.8, 4) is 0 Å². The van der Waals surface area contributed by atoms with Crippen molar-refractivity contribution in [2.75, 3.05) is 13.1 Å². The van der Waals surface area contributed by atoms with Crippen LogP contribution in [0.1, 0.15) is 27.2 Å². The minimum atomic E-state index is -0.496. The van der Waals surface area contributed by atoms with Gasteiger partial charge in [-0.1, -0.05) is 0 Å². The SMILES string of the molecule is CC(C)(C)OC(=O)N=CC1CCNC1. The van der Waals surface area contributed by atoms with Crippen molar-refractivity contribution in [3.05, 3.63) is 0 Å². The van der Waals surface area contributed by atoms with Crippen LogP contribution < -0.4 is 5.32 Å². The monoisotopic (exact) mass is 198 g/mol. The number of rotatable bonds is 1. The van der Waals surface area contributed by atoms with Crippen LogP contribution in [-0.4, -0.2) is 31.0 Å². The summed E-state index contributed by atoms with van der Waals surface area (Å²) in [6.45, 7) is 7.41. The smallest absolute Gasteiger partial charge is 0.433 e. The molecule has 0 aromatic carbocycles. The molecule has 0 radical (unpaired) electrons. The normalized spacial score (nSPS) is 22.9. The van der Waals surface area contributed by atoms with Crippen molar-refractivity contribution < 1.29 is 9.53 Å². The molecule has 14 heavy (non-hydrogen) atoms. The molecule has 1 aliphatic rings. The molecule has 1 aliphatic heterocycles. The molecule has 0 saturated carbocycles. The largest absolute Gasteiger partial charge is 0.442 e. The van der Waals surface area contributed by atoms with Gasteiger partial charge < -0.3 is 10.1 Å². The standard InChI is InChI=1S/C10H18N2O2/c1-10(2,3)14-9(13)12-7-8-4-5-11-6-8/h7-8,11H,4-6H2,1-3H3. The molecule has 1 atom stereocenters. The second kappa shape index (κ2) is 4.55. The summed E-state index contributed by atoms with van der Waals surface area (Å²) in [5.74, 6) is 0.377. The van der Waals surface area contributed by atoms with Crippen LogP contribution in [0.3, 0.4) is 0 Å². The molecule has 80 valence electrons. The average Bonchev–Trinajstić information content (AvgIpc) is 2.49.